The summed E-state index contributed by atoms with van der Waals surface area (Å²) in [7, 11) is 0. The van der Waals surface area contributed by atoms with Gasteiger partial charge in [0.25, 0.3) is 0 Å². The molecule has 2 rings (SSSR count). The van der Waals surface area contributed by atoms with Crippen LogP contribution >= 0.6 is 0 Å². The number of carbonyl (C=O) groups excluding carboxylic acids is 1. The van der Waals surface area contributed by atoms with Gasteiger partial charge in [-0.1, -0.05) is 6.42 Å². The van der Waals surface area contributed by atoms with Crippen molar-refractivity contribution in [1.82, 2.24) is 0 Å². The summed E-state index contributed by atoms with van der Waals surface area (Å²) in [5.74, 6) is 0.799. The summed E-state index contributed by atoms with van der Waals surface area (Å²) in [6, 6.07) is 0. The highest BCUT2D eigenvalue weighted by atomic mass is 16.5. The average Bonchev–Trinajstić information content (AvgIpc) is 2.90. The van der Waals surface area contributed by atoms with Crippen LogP contribution in [0.5, 0.6) is 0 Å². The molecule has 0 aromatic heterocycles. The maximum absolute atomic E-state index is 11.3. The highest BCUT2D eigenvalue weighted by Crippen LogP contribution is 2.44. The van der Waals surface area contributed by atoms with Crippen molar-refractivity contribution in [1.29, 1.82) is 0 Å². The van der Waals surface area contributed by atoms with E-state index in [0.29, 0.717) is 18.3 Å². The van der Waals surface area contributed by atoms with Gasteiger partial charge in [-0.3, -0.25) is 4.79 Å². The third-order valence-corrected chi connectivity index (χ3v) is 3.34. The molecule has 1 heterocycles. The fourth-order valence-electron chi connectivity index (χ4n) is 2.32. The Balaban J connectivity index is 1.86. The highest BCUT2D eigenvalue weighted by Gasteiger charge is 2.44. The third-order valence-electron chi connectivity index (χ3n) is 3.34. The quantitative estimate of drug-likeness (QED) is 0.684. The number of aliphatic hydroxyl groups excluding tert-OH is 1. The van der Waals surface area contributed by atoms with Crippen molar-refractivity contribution >= 4 is 5.97 Å². The van der Waals surface area contributed by atoms with Crippen LogP contribution in [0.2, 0.25) is 0 Å². The zero-order valence-electron chi connectivity index (χ0n) is 8.45. The molecule has 1 aliphatic carbocycles. The van der Waals surface area contributed by atoms with Gasteiger partial charge in [0.05, 0.1) is 0 Å². The summed E-state index contributed by atoms with van der Waals surface area (Å²) in [5, 5.41) is 8.96. The van der Waals surface area contributed by atoms with E-state index in [-0.39, 0.29) is 18.7 Å². The lowest BCUT2D eigenvalue weighted by Crippen LogP contribution is -2.23. The van der Waals surface area contributed by atoms with Crippen LogP contribution in [0.15, 0.2) is 0 Å². The third kappa shape index (κ3) is 2.27. The van der Waals surface area contributed by atoms with Crippen LogP contribution < -0.4 is 0 Å². The van der Waals surface area contributed by atoms with Crippen LogP contribution in [0, 0.1) is 11.8 Å². The molecule has 0 amide bonds. The molecule has 0 aromatic carbocycles. The molecule has 2 aliphatic rings. The molecule has 1 N–H and O–H groups in total. The Morgan fingerprint density at radius 3 is 2.93 bits per heavy atom. The van der Waals surface area contributed by atoms with E-state index in [0.717, 1.165) is 32.1 Å². The molecule has 0 aromatic rings. The number of ether oxygens (including phenoxy) is 1. The molecule has 0 unspecified atom stereocenters. The van der Waals surface area contributed by atoms with Crippen LogP contribution in [-0.2, 0) is 9.53 Å². The molecule has 0 bridgehead atoms. The van der Waals surface area contributed by atoms with Crippen molar-refractivity contribution < 1.29 is 14.6 Å². The molecule has 80 valence electrons. The minimum atomic E-state index is -0.0433. The second-order valence-corrected chi connectivity index (χ2v) is 4.47. The van der Waals surface area contributed by atoms with Crippen LogP contribution in [0.4, 0.5) is 0 Å². The molecule has 3 atom stereocenters. The Morgan fingerprint density at radius 1 is 1.36 bits per heavy atom. The van der Waals surface area contributed by atoms with Crippen molar-refractivity contribution in [2.45, 2.75) is 44.6 Å². The zero-order chi connectivity index (χ0) is 9.97. The van der Waals surface area contributed by atoms with E-state index in [2.05, 4.69) is 0 Å². The minimum absolute atomic E-state index is 0.0433. The fraction of sp³-hybridized carbons (Fsp3) is 0.909. The Bertz CT molecular complexity index is 215. The van der Waals surface area contributed by atoms with E-state index in [9.17, 15) is 4.79 Å². The predicted octanol–water partition coefficient (Wildman–Crippen LogP) is 1.49. The van der Waals surface area contributed by atoms with Gasteiger partial charge in [-0.2, -0.15) is 0 Å². The Labute approximate surface area is 84.4 Å². The molecule has 3 heteroatoms. The molecule has 2 fully saturated rings. The van der Waals surface area contributed by atoms with Crippen LogP contribution in [-0.4, -0.2) is 23.8 Å². The van der Waals surface area contributed by atoms with E-state index < -0.39 is 0 Å². The summed E-state index contributed by atoms with van der Waals surface area (Å²) >= 11 is 0. The number of hydrogen-bond acceptors (Lipinski definition) is 3. The van der Waals surface area contributed by atoms with E-state index in [1.54, 1.807) is 0 Å². The van der Waals surface area contributed by atoms with Crippen molar-refractivity contribution in [3.63, 3.8) is 0 Å². The van der Waals surface area contributed by atoms with Crippen molar-refractivity contribution in [3.8, 4) is 0 Å². The first-order chi connectivity index (χ1) is 6.81. The second-order valence-electron chi connectivity index (χ2n) is 4.47. The Morgan fingerprint density at radius 2 is 2.21 bits per heavy atom. The van der Waals surface area contributed by atoms with Crippen LogP contribution in [0.3, 0.4) is 0 Å². The zero-order valence-corrected chi connectivity index (χ0v) is 8.45. The summed E-state index contributed by atoms with van der Waals surface area (Å²) in [4.78, 5) is 11.3. The van der Waals surface area contributed by atoms with Gasteiger partial charge in [0.15, 0.2) is 0 Å². The topological polar surface area (TPSA) is 46.5 Å². The van der Waals surface area contributed by atoms with Gasteiger partial charge in [-0.05, 0) is 31.6 Å². The number of carbonyl (C=O) groups is 1. The normalized spacial score (nSPS) is 38.4. The lowest BCUT2D eigenvalue weighted by molar-refractivity contribution is -0.151. The number of aliphatic hydroxyl groups is 1. The lowest BCUT2D eigenvalue weighted by Gasteiger charge is -2.20. The fourth-order valence-corrected chi connectivity index (χ4v) is 2.32. The molecule has 1 aliphatic heterocycles. The van der Waals surface area contributed by atoms with Crippen molar-refractivity contribution in [2.75, 3.05) is 6.61 Å². The van der Waals surface area contributed by atoms with Gasteiger partial charge >= 0.3 is 5.97 Å². The number of rotatable bonds is 2. The first-order valence-corrected chi connectivity index (χ1v) is 5.61. The molecule has 3 nitrogen and oxygen atoms in total. The van der Waals surface area contributed by atoms with Crippen molar-refractivity contribution in [3.05, 3.63) is 0 Å². The van der Waals surface area contributed by atoms with E-state index in [1.165, 1.54) is 0 Å². The molecular formula is C11H18O3. The van der Waals surface area contributed by atoms with E-state index >= 15 is 0 Å². The molecule has 1 saturated carbocycles. The van der Waals surface area contributed by atoms with E-state index in [1.807, 2.05) is 0 Å². The largest absolute Gasteiger partial charge is 0.462 e. The average molecular weight is 198 g/mol. The van der Waals surface area contributed by atoms with Gasteiger partial charge in [0.1, 0.15) is 6.10 Å². The molecule has 14 heavy (non-hydrogen) atoms. The highest BCUT2D eigenvalue weighted by molar-refractivity contribution is 5.69. The predicted molar refractivity (Wildman–Crippen MR) is 51.6 cm³/mol. The van der Waals surface area contributed by atoms with Crippen LogP contribution in [0.1, 0.15) is 38.5 Å². The lowest BCUT2D eigenvalue weighted by atomic mass is 10.0. The maximum Gasteiger partial charge on any atom is 0.306 e. The number of cyclic esters (lactones) is 1. The van der Waals surface area contributed by atoms with Gasteiger partial charge in [0, 0.05) is 18.9 Å². The number of esters is 1. The Kier molecular flexibility index (Phi) is 3.06. The SMILES string of the molecule is O=C1CCCCC[C@H]([C@@H]2C[C@H]2CO)O1. The smallest absolute Gasteiger partial charge is 0.306 e. The summed E-state index contributed by atoms with van der Waals surface area (Å²) in [6.07, 6.45) is 5.97. The van der Waals surface area contributed by atoms with Gasteiger partial charge in [-0.15, -0.1) is 0 Å². The Hall–Kier alpha value is -0.570. The van der Waals surface area contributed by atoms with Crippen molar-refractivity contribution in [2.24, 2.45) is 11.8 Å². The number of hydrogen-bond donors (Lipinski definition) is 1. The summed E-state index contributed by atoms with van der Waals surface area (Å²) < 4.78 is 5.40. The first kappa shape index (κ1) is 9.97. The molecular weight excluding hydrogens is 180 g/mol. The minimum Gasteiger partial charge on any atom is -0.462 e. The molecule has 1 saturated heterocycles. The second kappa shape index (κ2) is 4.30. The van der Waals surface area contributed by atoms with Gasteiger partial charge < -0.3 is 9.84 Å². The van der Waals surface area contributed by atoms with Gasteiger partial charge in [0.2, 0.25) is 0 Å². The summed E-state index contributed by atoms with van der Waals surface area (Å²) in [5.41, 5.74) is 0. The van der Waals surface area contributed by atoms with Gasteiger partial charge in [-0.25, -0.2) is 0 Å². The monoisotopic (exact) mass is 198 g/mol. The standard InChI is InChI=1S/C11H18O3/c12-7-8-6-9(8)10-4-2-1-3-5-11(13)14-10/h8-10,12H,1-7H2/t8-,9+,10+/m0/s1. The van der Waals surface area contributed by atoms with Crippen LogP contribution in [0.25, 0.3) is 0 Å². The molecule has 0 spiro atoms. The maximum atomic E-state index is 11.3. The summed E-state index contributed by atoms with van der Waals surface area (Å²) in [6.45, 7) is 0.249. The first-order valence-electron chi connectivity index (χ1n) is 5.61. The molecule has 0 radical (unpaired) electrons. The van der Waals surface area contributed by atoms with E-state index in [4.69, 9.17) is 9.84 Å².